The molecule has 7 nitrogen and oxygen atoms in total. The van der Waals surface area contributed by atoms with Crippen LogP contribution in [0.2, 0.25) is 5.02 Å². The van der Waals surface area contributed by atoms with Crippen LogP contribution in [0, 0.1) is 5.82 Å². The van der Waals surface area contributed by atoms with Crippen molar-refractivity contribution in [3.8, 4) is 5.75 Å². The second-order valence-corrected chi connectivity index (χ2v) is 10.1. The summed E-state index contributed by atoms with van der Waals surface area (Å²) in [7, 11) is 0. The molecule has 0 aliphatic carbocycles. The number of hydrogen-bond acceptors (Lipinski definition) is 5. The second-order valence-electron chi connectivity index (χ2n) is 9.69. The fraction of sp³-hybridized carbons (Fsp3) is 0.207. The fourth-order valence-corrected chi connectivity index (χ4v) is 5.30. The molecule has 0 bridgehead atoms. The van der Waals surface area contributed by atoms with Crippen LogP contribution in [0.3, 0.4) is 0 Å². The minimum Gasteiger partial charge on any atom is -0.488 e. The number of pyridine rings is 1. The Morgan fingerprint density at radius 2 is 2.00 bits per heavy atom. The highest BCUT2D eigenvalue weighted by Crippen LogP contribution is 2.41. The first-order chi connectivity index (χ1) is 18.3. The molecule has 0 radical (unpaired) electrons. The third kappa shape index (κ3) is 4.11. The Morgan fingerprint density at radius 1 is 1.18 bits per heavy atom. The number of halogens is 2. The van der Waals surface area contributed by atoms with Gasteiger partial charge in [0.2, 0.25) is 0 Å². The summed E-state index contributed by atoms with van der Waals surface area (Å²) in [6, 6.07) is 14.4. The minimum atomic E-state index is -0.645. The largest absolute Gasteiger partial charge is 0.488 e. The molecule has 5 aromatic rings. The molecule has 0 unspecified atom stereocenters. The molecule has 4 heterocycles. The van der Waals surface area contributed by atoms with Gasteiger partial charge in [-0.25, -0.2) is 14.2 Å². The van der Waals surface area contributed by atoms with Gasteiger partial charge in [0.1, 0.15) is 18.2 Å². The van der Waals surface area contributed by atoms with E-state index in [0.29, 0.717) is 34.2 Å². The normalized spacial score (nSPS) is 14.3. The lowest BCUT2D eigenvalue weighted by atomic mass is 9.89. The van der Waals surface area contributed by atoms with E-state index in [-0.39, 0.29) is 12.5 Å². The number of H-pyrrole nitrogens is 1. The lowest BCUT2D eigenvalue weighted by molar-refractivity contribution is 0.305. The molecule has 192 valence electrons. The molecule has 0 saturated heterocycles. The van der Waals surface area contributed by atoms with E-state index in [1.54, 1.807) is 6.07 Å². The van der Waals surface area contributed by atoms with Gasteiger partial charge >= 0.3 is 5.76 Å². The Hall–Kier alpha value is -4.17. The number of benzene rings is 2. The summed E-state index contributed by atoms with van der Waals surface area (Å²) < 4.78 is 27.0. The molecule has 0 spiro atoms. The smallest absolute Gasteiger partial charge is 0.439 e. The number of allylic oxidation sites excluding steroid dienone is 1. The van der Waals surface area contributed by atoms with Gasteiger partial charge in [-0.3, -0.25) is 9.51 Å². The van der Waals surface area contributed by atoms with Crippen LogP contribution in [0.1, 0.15) is 66.2 Å². The molecular weight excluding hydrogens is 507 g/mol. The zero-order chi connectivity index (χ0) is 26.6. The molecule has 1 aliphatic rings. The molecule has 0 atom stereocenters. The monoisotopic (exact) mass is 530 g/mol. The van der Waals surface area contributed by atoms with E-state index in [1.165, 1.54) is 12.1 Å². The van der Waals surface area contributed by atoms with Crippen LogP contribution >= 0.6 is 11.6 Å². The van der Waals surface area contributed by atoms with Crippen molar-refractivity contribution < 1.29 is 13.7 Å². The van der Waals surface area contributed by atoms with Gasteiger partial charge in [0.25, 0.3) is 0 Å². The maximum Gasteiger partial charge on any atom is 0.439 e. The van der Waals surface area contributed by atoms with Crippen molar-refractivity contribution >= 4 is 28.4 Å². The SMILES string of the molecule is C/C(=C1\c2ccc(Cc3c(C(C)C)nc4c(Cl)cccn34)cc2COc2cc(F)ccc21)c1noc(=O)[nH]1. The van der Waals surface area contributed by atoms with Gasteiger partial charge in [0, 0.05) is 29.8 Å². The first kappa shape index (κ1) is 24.2. The Labute approximate surface area is 222 Å². The molecule has 2 aromatic carbocycles. The molecule has 3 aromatic heterocycles. The number of fused-ring (bicyclic) bond motifs is 3. The Bertz CT molecular complexity index is 1800. The van der Waals surface area contributed by atoms with Gasteiger partial charge in [0.05, 0.1) is 16.4 Å². The summed E-state index contributed by atoms with van der Waals surface area (Å²) in [5.74, 6) is -0.0947. The van der Waals surface area contributed by atoms with Gasteiger partial charge in [0.15, 0.2) is 11.5 Å². The van der Waals surface area contributed by atoms with Crippen molar-refractivity contribution in [2.24, 2.45) is 0 Å². The number of aromatic amines is 1. The number of aromatic nitrogens is 4. The molecule has 0 fully saturated rings. The van der Waals surface area contributed by atoms with Gasteiger partial charge in [-0.1, -0.05) is 48.8 Å². The molecule has 0 saturated carbocycles. The van der Waals surface area contributed by atoms with Crippen molar-refractivity contribution in [1.82, 2.24) is 19.5 Å². The predicted octanol–water partition coefficient (Wildman–Crippen LogP) is 6.39. The molecular formula is C29H24ClFN4O3. The molecule has 1 aliphatic heterocycles. The van der Waals surface area contributed by atoms with Gasteiger partial charge < -0.3 is 9.14 Å². The molecule has 1 N–H and O–H groups in total. The highest BCUT2D eigenvalue weighted by molar-refractivity contribution is 6.33. The number of hydrogen-bond donors (Lipinski definition) is 1. The van der Waals surface area contributed by atoms with E-state index >= 15 is 0 Å². The lowest BCUT2D eigenvalue weighted by Gasteiger charge is -2.15. The fourth-order valence-electron chi connectivity index (χ4n) is 5.09. The summed E-state index contributed by atoms with van der Waals surface area (Å²) in [4.78, 5) is 19.1. The first-order valence-corrected chi connectivity index (χ1v) is 12.7. The van der Waals surface area contributed by atoms with E-state index in [4.69, 9.17) is 25.8 Å². The van der Waals surface area contributed by atoms with Crippen LogP contribution in [0.5, 0.6) is 5.75 Å². The summed E-state index contributed by atoms with van der Waals surface area (Å²) in [6.45, 7) is 6.33. The molecule has 6 rings (SSSR count). The van der Waals surface area contributed by atoms with E-state index < -0.39 is 11.6 Å². The zero-order valence-corrected chi connectivity index (χ0v) is 21.8. The minimum absolute atomic E-state index is 0.219. The van der Waals surface area contributed by atoms with Crippen LogP contribution in [0.4, 0.5) is 4.39 Å². The van der Waals surface area contributed by atoms with Crippen molar-refractivity contribution in [2.75, 3.05) is 0 Å². The maximum absolute atomic E-state index is 14.2. The quantitative estimate of drug-likeness (QED) is 0.291. The Balaban J connectivity index is 1.50. The van der Waals surface area contributed by atoms with E-state index in [1.807, 2.05) is 31.3 Å². The summed E-state index contributed by atoms with van der Waals surface area (Å²) >= 11 is 6.45. The molecule has 38 heavy (non-hydrogen) atoms. The topological polar surface area (TPSA) is 85.4 Å². The summed E-state index contributed by atoms with van der Waals surface area (Å²) in [5, 5.41) is 4.49. The molecule has 0 amide bonds. The van der Waals surface area contributed by atoms with Crippen LogP contribution in [0.15, 0.2) is 64.0 Å². The maximum atomic E-state index is 14.2. The number of nitrogens with one attached hydrogen (secondary N) is 1. The van der Waals surface area contributed by atoms with Crippen molar-refractivity contribution in [1.29, 1.82) is 0 Å². The van der Waals surface area contributed by atoms with E-state index in [2.05, 4.69) is 40.5 Å². The lowest BCUT2D eigenvalue weighted by Crippen LogP contribution is -2.03. The van der Waals surface area contributed by atoms with Gasteiger partial charge in [-0.05, 0) is 59.4 Å². The number of rotatable bonds is 4. The van der Waals surface area contributed by atoms with Crippen LogP contribution < -0.4 is 10.5 Å². The standard InChI is InChI=1S/C29H24ClFN4O3/c1-15(2)26-23(35-10-4-5-22(30)28(35)32-26)12-17-6-8-20-18(11-17)14-37-24-13-19(31)7-9-21(24)25(20)16(3)27-33-29(36)38-34-27/h4-11,13,15H,12,14H2,1-3H3,(H,33,34,36)/b25-16-. The average Bonchev–Trinajstić information content (AvgIpc) is 3.45. The Kier molecular flexibility index (Phi) is 5.91. The van der Waals surface area contributed by atoms with Crippen molar-refractivity contribution in [2.45, 2.75) is 39.7 Å². The van der Waals surface area contributed by atoms with Gasteiger partial charge in [-0.15, -0.1) is 0 Å². The second kappa shape index (κ2) is 9.29. The molecule has 9 heteroatoms. The first-order valence-electron chi connectivity index (χ1n) is 12.3. The van der Waals surface area contributed by atoms with Crippen molar-refractivity contribution in [3.63, 3.8) is 0 Å². The van der Waals surface area contributed by atoms with Crippen molar-refractivity contribution in [3.05, 3.63) is 116 Å². The van der Waals surface area contributed by atoms with Gasteiger partial charge in [-0.2, -0.15) is 0 Å². The summed E-state index contributed by atoms with van der Waals surface area (Å²) in [5.41, 5.74) is 7.89. The third-order valence-corrected chi connectivity index (χ3v) is 7.15. The van der Waals surface area contributed by atoms with Crippen LogP contribution in [0.25, 0.3) is 16.8 Å². The number of nitrogens with zero attached hydrogens (tertiary/aromatic N) is 3. The number of imidazole rings is 1. The third-order valence-electron chi connectivity index (χ3n) is 6.86. The number of ether oxygens (including phenoxy) is 1. The Morgan fingerprint density at radius 3 is 2.76 bits per heavy atom. The zero-order valence-electron chi connectivity index (χ0n) is 21.0. The highest BCUT2D eigenvalue weighted by atomic mass is 35.5. The van der Waals surface area contributed by atoms with Crippen LogP contribution in [-0.4, -0.2) is 19.5 Å². The van der Waals surface area contributed by atoms with E-state index in [9.17, 15) is 9.18 Å². The predicted molar refractivity (Wildman–Crippen MR) is 143 cm³/mol. The highest BCUT2D eigenvalue weighted by Gasteiger charge is 2.25. The van der Waals surface area contributed by atoms with E-state index in [0.717, 1.165) is 39.3 Å². The average molecular weight is 531 g/mol. The van der Waals surface area contributed by atoms with Crippen LogP contribution in [-0.2, 0) is 13.0 Å². The summed E-state index contributed by atoms with van der Waals surface area (Å²) in [6.07, 6.45) is 2.62.